The predicted octanol–water partition coefficient (Wildman–Crippen LogP) is 4.21. The first-order valence-corrected chi connectivity index (χ1v) is 14.6. The third-order valence-corrected chi connectivity index (χ3v) is 11.4. The summed E-state index contributed by atoms with van der Waals surface area (Å²) in [5.74, 6) is -0.156. The van der Waals surface area contributed by atoms with Gasteiger partial charge in [-0.1, -0.05) is 32.4 Å². The Morgan fingerprint density at radius 3 is 2.58 bits per heavy atom. The third kappa shape index (κ3) is 5.40. The molecule has 33 heavy (non-hydrogen) atoms. The molecule has 0 bridgehead atoms. The molecule has 2 saturated heterocycles. The molecular formula is C22H32ClFN4O4Si. The Balaban J connectivity index is 1.69. The minimum Gasteiger partial charge on any atom is -0.458 e. The second-order valence-corrected chi connectivity index (χ2v) is 15.2. The van der Waals surface area contributed by atoms with Gasteiger partial charge in [0.25, 0.3) is 0 Å². The van der Waals surface area contributed by atoms with Crippen LogP contribution in [0.15, 0.2) is 6.20 Å². The Morgan fingerprint density at radius 1 is 1.15 bits per heavy atom. The maximum Gasteiger partial charge on any atom is 0.319 e. The van der Waals surface area contributed by atoms with Gasteiger partial charge < -0.3 is 23.5 Å². The molecule has 4 rings (SSSR count). The lowest BCUT2D eigenvalue weighted by Crippen LogP contribution is -2.47. The Hall–Kier alpha value is -1.59. The number of nitrogens with zero attached hydrogens (tertiary/aromatic N) is 4. The molecule has 2 atom stereocenters. The van der Waals surface area contributed by atoms with E-state index in [-0.39, 0.29) is 33.9 Å². The van der Waals surface area contributed by atoms with Crippen LogP contribution in [0, 0.1) is 5.82 Å². The van der Waals surface area contributed by atoms with Crippen LogP contribution >= 0.6 is 11.6 Å². The first-order valence-electron chi connectivity index (χ1n) is 11.3. The van der Waals surface area contributed by atoms with Crippen LogP contribution in [0.5, 0.6) is 6.01 Å². The van der Waals surface area contributed by atoms with Crippen molar-refractivity contribution < 1.29 is 23.0 Å². The Bertz CT molecular complexity index is 1000. The lowest BCUT2D eigenvalue weighted by atomic mass is 10.2. The molecule has 182 valence electrons. The number of halogens is 2. The van der Waals surface area contributed by atoms with E-state index in [1.54, 1.807) is 0 Å². The van der Waals surface area contributed by atoms with E-state index in [9.17, 15) is 4.39 Å². The summed E-state index contributed by atoms with van der Waals surface area (Å²) in [7, 11) is -2.02. The Morgan fingerprint density at radius 2 is 1.88 bits per heavy atom. The van der Waals surface area contributed by atoms with Gasteiger partial charge in [-0.3, -0.25) is 0 Å². The molecule has 0 aliphatic carbocycles. The highest BCUT2D eigenvalue weighted by Crippen LogP contribution is 2.38. The van der Waals surface area contributed by atoms with E-state index in [1.165, 1.54) is 6.20 Å². The van der Waals surface area contributed by atoms with Crippen LogP contribution < -0.4 is 9.64 Å². The van der Waals surface area contributed by atoms with Gasteiger partial charge in [-0.15, -0.1) is 0 Å². The van der Waals surface area contributed by atoms with Crippen molar-refractivity contribution in [3.8, 4) is 6.01 Å². The summed E-state index contributed by atoms with van der Waals surface area (Å²) in [4.78, 5) is 15.0. The van der Waals surface area contributed by atoms with Gasteiger partial charge in [0.2, 0.25) is 0 Å². The van der Waals surface area contributed by atoms with Crippen LogP contribution in [0.3, 0.4) is 0 Å². The van der Waals surface area contributed by atoms with E-state index < -0.39 is 14.1 Å². The van der Waals surface area contributed by atoms with Gasteiger partial charge in [0.1, 0.15) is 17.4 Å². The number of fused-ring (bicyclic) bond motifs is 1. The van der Waals surface area contributed by atoms with Gasteiger partial charge in [0.05, 0.1) is 37.9 Å². The van der Waals surface area contributed by atoms with Crippen LogP contribution in [0.1, 0.15) is 27.2 Å². The number of pyridine rings is 1. The quantitative estimate of drug-likeness (QED) is 0.448. The van der Waals surface area contributed by atoms with Gasteiger partial charge in [-0.25, -0.2) is 9.37 Å². The van der Waals surface area contributed by atoms with E-state index in [4.69, 9.17) is 30.2 Å². The van der Waals surface area contributed by atoms with Crippen molar-refractivity contribution >= 4 is 36.6 Å². The third-order valence-electron chi connectivity index (χ3n) is 6.56. The Labute approximate surface area is 199 Å². The highest BCUT2D eigenvalue weighted by Gasteiger charge is 2.40. The first-order chi connectivity index (χ1) is 15.5. The lowest BCUT2D eigenvalue weighted by Gasteiger charge is -2.39. The van der Waals surface area contributed by atoms with Crippen molar-refractivity contribution in [2.24, 2.45) is 0 Å². The van der Waals surface area contributed by atoms with Crippen molar-refractivity contribution in [2.75, 3.05) is 44.4 Å². The number of aromatic nitrogens is 3. The smallest absolute Gasteiger partial charge is 0.319 e. The summed E-state index contributed by atoms with van der Waals surface area (Å²) in [6.07, 6.45) is 1.93. The average molecular weight is 499 g/mol. The highest BCUT2D eigenvalue weighted by atomic mass is 35.5. The van der Waals surface area contributed by atoms with E-state index >= 15 is 0 Å². The summed E-state index contributed by atoms with van der Waals surface area (Å²) < 4.78 is 38.7. The van der Waals surface area contributed by atoms with Gasteiger partial charge in [-0.05, 0) is 18.1 Å². The highest BCUT2D eigenvalue weighted by molar-refractivity contribution is 6.74. The fraction of sp³-hybridized carbons (Fsp3) is 0.682. The Kier molecular flexibility index (Phi) is 7.12. The minimum absolute atomic E-state index is 0.0694. The maximum absolute atomic E-state index is 14.9. The van der Waals surface area contributed by atoms with Crippen LogP contribution in [0.25, 0.3) is 10.9 Å². The molecule has 2 aromatic rings. The fourth-order valence-corrected chi connectivity index (χ4v) is 5.15. The molecule has 0 saturated carbocycles. The molecule has 1 unspecified atom stereocenters. The maximum atomic E-state index is 14.9. The van der Waals surface area contributed by atoms with Crippen molar-refractivity contribution in [3.63, 3.8) is 0 Å². The summed E-state index contributed by atoms with van der Waals surface area (Å²) in [5.41, 5.74) is 0.0842. The number of ether oxygens (including phenoxy) is 3. The zero-order valence-corrected chi connectivity index (χ0v) is 21.6. The van der Waals surface area contributed by atoms with Crippen molar-refractivity contribution in [3.05, 3.63) is 17.2 Å². The molecule has 4 heterocycles. The molecular weight excluding hydrogens is 467 g/mol. The second kappa shape index (κ2) is 9.57. The molecule has 2 aliphatic heterocycles. The summed E-state index contributed by atoms with van der Waals surface area (Å²) in [5, 5.41) is 0.306. The molecule has 2 aliphatic rings. The molecule has 8 nitrogen and oxygen atoms in total. The second-order valence-electron chi connectivity index (χ2n) is 10.1. The molecule has 0 N–H and O–H groups in total. The molecule has 0 radical (unpaired) electrons. The predicted molar refractivity (Wildman–Crippen MR) is 127 cm³/mol. The zero-order valence-electron chi connectivity index (χ0n) is 19.9. The minimum atomic E-state index is -2.02. The standard InChI is InChI=1S/C22H32ClFN4O4Si/c1-22(2,3)33(4,5)32-15-11-28(7-9-30-13-15)20-16-10-25-19(23)17(24)18(16)26-21(27-20)31-14-6-8-29-12-14/h10,14-15H,6-9,11-13H2,1-5H3/t14-,15?/m0/s1. The lowest BCUT2D eigenvalue weighted by molar-refractivity contribution is 0.0655. The number of rotatable bonds is 5. The van der Waals surface area contributed by atoms with E-state index in [0.29, 0.717) is 50.7 Å². The van der Waals surface area contributed by atoms with Crippen molar-refractivity contribution in [1.29, 1.82) is 0 Å². The molecule has 0 amide bonds. The van der Waals surface area contributed by atoms with E-state index in [0.717, 1.165) is 6.42 Å². The van der Waals surface area contributed by atoms with Crippen LogP contribution in [-0.2, 0) is 13.9 Å². The fourth-order valence-electron chi connectivity index (χ4n) is 3.68. The zero-order chi connectivity index (χ0) is 23.8. The summed E-state index contributed by atoms with van der Waals surface area (Å²) >= 11 is 5.96. The van der Waals surface area contributed by atoms with Crippen molar-refractivity contribution in [1.82, 2.24) is 15.0 Å². The van der Waals surface area contributed by atoms with Gasteiger partial charge in [0.15, 0.2) is 19.3 Å². The van der Waals surface area contributed by atoms with E-state index in [2.05, 4.69) is 48.8 Å². The molecule has 11 heteroatoms. The molecule has 2 fully saturated rings. The largest absolute Gasteiger partial charge is 0.458 e. The SMILES string of the molecule is CC(C)(C)[Si](C)(C)OC1COCCN(c2nc(O[C@H]3CCOC3)nc3c(F)c(Cl)ncc23)C1. The summed E-state index contributed by atoms with van der Waals surface area (Å²) in [6.45, 7) is 14.3. The van der Waals surface area contributed by atoms with Crippen LogP contribution in [0.2, 0.25) is 23.3 Å². The molecule has 2 aromatic heterocycles. The number of hydrogen-bond donors (Lipinski definition) is 0. The van der Waals surface area contributed by atoms with Gasteiger partial charge in [-0.2, -0.15) is 9.97 Å². The molecule has 0 aromatic carbocycles. The molecule has 0 spiro atoms. The number of hydrogen-bond acceptors (Lipinski definition) is 8. The normalized spacial score (nSPS) is 22.6. The number of anilines is 1. The van der Waals surface area contributed by atoms with Crippen LogP contribution in [-0.4, -0.2) is 75.0 Å². The van der Waals surface area contributed by atoms with Crippen molar-refractivity contribution in [2.45, 2.75) is 57.5 Å². The van der Waals surface area contributed by atoms with E-state index in [1.807, 2.05) is 4.90 Å². The first kappa shape index (κ1) is 24.5. The van der Waals surface area contributed by atoms with Crippen LogP contribution in [0.4, 0.5) is 10.2 Å². The van der Waals surface area contributed by atoms with Gasteiger partial charge >= 0.3 is 6.01 Å². The van der Waals surface area contributed by atoms with Gasteiger partial charge in [0, 0.05) is 25.7 Å². The average Bonchev–Trinajstić information content (AvgIpc) is 3.14. The summed E-state index contributed by atoms with van der Waals surface area (Å²) in [6, 6.07) is 0.0983. The topological polar surface area (TPSA) is 78.8 Å². The monoisotopic (exact) mass is 498 g/mol.